The van der Waals surface area contributed by atoms with Gasteiger partial charge in [0.25, 0.3) is 0 Å². The highest BCUT2D eigenvalue weighted by molar-refractivity contribution is 5.96. The quantitative estimate of drug-likeness (QED) is 0.728. The number of hydrogen-bond acceptors (Lipinski definition) is 2. The van der Waals surface area contributed by atoms with Gasteiger partial charge in [0.1, 0.15) is 5.82 Å². The SMILES string of the molecule is Cc1ccc(N2C[C@@H](c3nc4ccccc4n3C)CC2=O)cc1. The van der Waals surface area contributed by atoms with Crippen molar-refractivity contribution in [3.05, 3.63) is 59.9 Å². The topological polar surface area (TPSA) is 38.1 Å². The van der Waals surface area contributed by atoms with Gasteiger partial charge in [0.05, 0.1) is 11.0 Å². The molecular formula is C19H19N3O. The summed E-state index contributed by atoms with van der Waals surface area (Å²) in [6.45, 7) is 2.75. The zero-order valence-electron chi connectivity index (χ0n) is 13.4. The average molecular weight is 305 g/mol. The zero-order chi connectivity index (χ0) is 16.0. The second-order valence-electron chi connectivity index (χ2n) is 6.26. The molecule has 1 aliphatic rings. The second kappa shape index (κ2) is 5.23. The molecule has 0 saturated carbocycles. The summed E-state index contributed by atoms with van der Waals surface area (Å²) in [6, 6.07) is 16.2. The fourth-order valence-electron chi connectivity index (χ4n) is 3.38. The average Bonchev–Trinajstić information content (AvgIpc) is 3.09. The van der Waals surface area contributed by atoms with E-state index in [1.165, 1.54) is 5.56 Å². The molecule has 0 spiro atoms. The second-order valence-corrected chi connectivity index (χ2v) is 6.26. The molecule has 4 heteroatoms. The first-order valence-corrected chi connectivity index (χ1v) is 7.92. The van der Waals surface area contributed by atoms with Crippen LogP contribution in [-0.2, 0) is 11.8 Å². The Labute approximate surface area is 135 Å². The maximum absolute atomic E-state index is 12.5. The monoisotopic (exact) mass is 305 g/mol. The molecule has 0 unspecified atom stereocenters. The van der Waals surface area contributed by atoms with E-state index in [0.29, 0.717) is 13.0 Å². The van der Waals surface area contributed by atoms with Gasteiger partial charge in [0, 0.05) is 31.6 Å². The third kappa shape index (κ3) is 2.31. The standard InChI is InChI=1S/C19H19N3O/c1-13-7-9-15(10-8-13)22-12-14(11-18(22)23)19-20-16-5-3-4-6-17(16)21(19)2/h3-10,14H,11-12H2,1-2H3/t14-/m0/s1. The van der Waals surface area contributed by atoms with Crippen LogP contribution in [0.4, 0.5) is 5.69 Å². The van der Waals surface area contributed by atoms with E-state index in [1.54, 1.807) is 0 Å². The summed E-state index contributed by atoms with van der Waals surface area (Å²) in [5.74, 6) is 1.31. The molecule has 2 heterocycles. The molecule has 23 heavy (non-hydrogen) atoms. The normalized spacial score (nSPS) is 18.1. The number of carbonyl (C=O) groups excluding carboxylic acids is 1. The summed E-state index contributed by atoms with van der Waals surface area (Å²) >= 11 is 0. The smallest absolute Gasteiger partial charge is 0.227 e. The number of rotatable bonds is 2. The van der Waals surface area contributed by atoms with E-state index in [1.807, 2.05) is 54.4 Å². The van der Waals surface area contributed by atoms with Crippen LogP contribution in [0.25, 0.3) is 11.0 Å². The van der Waals surface area contributed by atoms with Gasteiger partial charge in [-0.2, -0.15) is 0 Å². The van der Waals surface area contributed by atoms with Crippen molar-refractivity contribution < 1.29 is 4.79 Å². The third-order valence-electron chi connectivity index (χ3n) is 4.66. The number of aromatic nitrogens is 2. The van der Waals surface area contributed by atoms with Crippen LogP contribution in [0.2, 0.25) is 0 Å². The van der Waals surface area contributed by atoms with E-state index in [0.717, 1.165) is 22.5 Å². The van der Waals surface area contributed by atoms with Crippen LogP contribution < -0.4 is 4.90 Å². The van der Waals surface area contributed by atoms with E-state index < -0.39 is 0 Å². The lowest BCUT2D eigenvalue weighted by atomic mass is 10.1. The van der Waals surface area contributed by atoms with E-state index >= 15 is 0 Å². The Bertz CT molecular complexity index is 879. The van der Waals surface area contributed by atoms with Gasteiger partial charge in [-0.25, -0.2) is 4.98 Å². The van der Waals surface area contributed by atoms with E-state index in [-0.39, 0.29) is 11.8 Å². The van der Waals surface area contributed by atoms with Crippen LogP contribution in [0, 0.1) is 6.92 Å². The van der Waals surface area contributed by atoms with Gasteiger partial charge < -0.3 is 9.47 Å². The number of amides is 1. The Morgan fingerprint density at radius 2 is 1.83 bits per heavy atom. The Morgan fingerprint density at radius 1 is 1.09 bits per heavy atom. The molecule has 1 atom stereocenters. The predicted octanol–water partition coefficient (Wildman–Crippen LogP) is 3.40. The molecule has 0 radical (unpaired) electrons. The fourth-order valence-corrected chi connectivity index (χ4v) is 3.38. The molecule has 3 aromatic rings. The maximum atomic E-state index is 12.5. The number of carbonyl (C=O) groups is 1. The lowest BCUT2D eigenvalue weighted by Crippen LogP contribution is -2.24. The van der Waals surface area contributed by atoms with Crippen LogP contribution >= 0.6 is 0 Å². The summed E-state index contributed by atoms with van der Waals surface area (Å²) < 4.78 is 2.12. The number of hydrogen-bond donors (Lipinski definition) is 0. The van der Waals surface area contributed by atoms with Crippen LogP contribution in [0.15, 0.2) is 48.5 Å². The number of nitrogens with zero attached hydrogens (tertiary/aromatic N) is 3. The van der Waals surface area contributed by atoms with Gasteiger partial charge in [-0.15, -0.1) is 0 Å². The lowest BCUT2D eigenvalue weighted by molar-refractivity contribution is -0.117. The van der Waals surface area contributed by atoms with Gasteiger partial charge in [-0.05, 0) is 31.2 Å². The van der Waals surface area contributed by atoms with E-state index in [9.17, 15) is 4.79 Å². The summed E-state index contributed by atoms with van der Waals surface area (Å²) in [5.41, 5.74) is 4.28. The van der Waals surface area contributed by atoms with Gasteiger partial charge in [0.2, 0.25) is 5.91 Å². The molecule has 4 rings (SSSR count). The minimum Gasteiger partial charge on any atom is -0.331 e. The molecular weight excluding hydrogens is 286 g/mol. The summed E-state index contributed by atoms with van der Waals surface area (Å²) in [7, 11) is 2.03. The number of imidazole rings is 1. The number of aryl methyl sites for hydroxylation is 2. The fraction of sp³-hybridized carbons (Fsp3) is 0.263. The molecule has 1 aliphatic heterocycles. The summed E-state index contributed by atoms with van der Waals surface area (Å²) in [6.07, 6.45) is 0.519. The van der Waals surface area contributed by atoms with Crippen molar-refractivity contribution in [2.24, 2.45) is 7.05 Å². The highest BCUT2D eigenvalue weighted by Crippen LogP contribution is 2.32. The van der Waals surface area contributed by atoms with Crippen molar-refractivity contribution in [2.75, 3.05) is 11.4 Å². The Balaban J connectivity index is 1.67. The van der Waals surface area contributed by atoms with Crippen molar-refractivity contribution in [3.8, 4) is 0 Å². The van der Waals surface area contributed by atoms with Crippen LogP contribution in [-0.4, -0.2) is 22.0 Å². The first-order chi connectivity index (χ1) is 11.1. The molecule has 0 N–H and O–H groups in total. The molecule has 1 saturated heterocycles. The number of para-hydroxylation sites is 2. The van der Waals surface area contributed by atoms with Crippen molar-refractivity contribution >= 4 is 22.6 Å². The molecule has 1 aromatic heterocycles. The maximum Gasteiger partial charge on any atom is 0.227 e. The minimum absolute atomic E-state index is 0.140. The Kier molecular flexibility index (Phi) is 3.18. The van der Waals surface area contributed by atoms with Crippen LogP contribution in [0.5, 0.6) is 0 Å². The third-order valence-corrected chi connectivity index (χ3v) is 4.66. The molecule has 116 valence electrons. The predicted molar refractivity (Wildman–Crippen MR) is 91.6 cm³/mol. The van der Waals surface area contributed by atoms with Crippen LogP contribution in [0.3, 0.4) is 0 Å². The molecule has 0 bridgehead atoms. The highest BCUT2D eigenvalue weighted by atomic mass is 16.2. The van der Waals surface area contributed by atoms with Gasteiger partial charge >= 0.3 is 0 Å². The Morgan fingerprint density at radius 3 is 2.57 bits per heavy atom. The largest absolute Gasteiger partial charge is 0.331 e. The number of anilines is 1. The van der Waals surface area contributed by atoms with Crippen molar-refractivity contribution in [2.45, 2.75) is 19.3 Å². The minimum atomic E-state index is 0.140. The first-order valence-electron chi connectivity index (χ1n) is 7.92. The molecule has 1 fully saturated rings. The molecule has 0 aliphatic carbocycles. The van der Waals surface area contributed by atoms with Gasteiger partial charge in [0.15, 0.2) is 0 Å². The number of benzene rings is 2. The van der Waals surface area contributed by atoms with Crippen LogP contribution in [0.1, 0.15) is 23.7 Å². The van der Waals surface area contributed by atoms with E-state index in [4.69, 9.17) is 4.98 Å². The summed E-state index contributed by atoms with van der Waals surface area (Å²) in [5, 5.41) is 0. The first kappa shape index (κ1) is 14.0. The highest BCUT2D eigenvalue weighted by Gasteiger charge is 2.34. The van der Waals surface area contributed by atoms with Crippen molar-refractivity contribution in [1.29, 1.82) is 0 Å². The molecule has 2 aromatic carbocycles. The van der Waals surface area contributed by atoms with Crippen molar-refractivity contribution in [1.82, 2.24) is 9.55 Å². The van der Waals surface area contributed by atoms with Gasteiger partial charge in [-0.1, -0.05) is 29.8 Å². The zero-order valence-corrected chi connectivity index (χ0v) is 13.4. The van der Waals surface area contributed by atoms with Crippen molar-refractivity contribution in [3.63, 3.8) is 0 Å². The molecule has 1 amide bonds. The molecule has 4 nitrogen and oxygen atoms in total. The van der Waals surface area contributed by atoms with E-state index in [2.05, 4.69) is 17.6 Å². The Hall–Kier alpha value is -2.62. The van der Waals surface area contributed by atoms with Gasteiger partial charge in [-0.3, -0.25) is 4.79 Å². The number of fused-ring (bicyclic) bond motifs is 1. The lowest BCUT2D eigenvalue weighted by Gasteiger charge is -2.17. The summed E-state index contributed by atoms with van der Waals surface area (Å²) in [4.78, 5) is 19.1.